The van der Waals surface area contributed by atoms with E-state index >= 15 is 0 Å². The van der Waals surface area contributed by atoms with Gasteiger partial charge >= 0.3 is 0 Å². The van der Waals surface area contributed by atoms with Gasteiger partial charge in [0.25, 0.3) is 0 Å². The number of carbonyl (C=O) groups excluding carboxylic acids is 1. The molecule has 0 radical (unpaired) electrons. The predicted octanol–water partition coefficient (Wildman–Crippen LogP) is 3.19. The van der Waals surface area contributed by atoms with Crippen LogP contribution in [0.15, 0.2) is 17.8 Å². The Labute approximate surface area is 138 Å². The average Bonchev–Trinajstić information content (AvgIpc) is 2.44. The fourth-order valence-electron chi connectivity index (χ4n) is 0.970. The zero-order valence-electron chi connectivity index (χ0n) is 9.91. The highest BCUT2D eigenvalue weighted by atomic mass is 35.5. The summed E-state index contributed by atoms with van der Waals surface area (Å²) in [5, 5.41) is 11.4. The van der Waals surface area contributed by atoms with Crippen molar-refractivity contribution in [3.05, 3.63) is 44.4 Å². The van der Waals surface area contributed by atoms with E-state index in [9.17, 15) is 4.79 Å². The first kappa shape index (κ1) is 17.5. The van der Waals surface area contributed by atoms with E-state index in [4.69, 9.17) is 51.6 Å². The smallest absolute Gasteiger partial charge is 0.156 e. The van der Waals surface area contributed by atoms with E-state index in [1.807, 2.05) is 0 Å². The largest absolute Gasteiger partial charge is 0.411 e. The summed E-state index contributed by atoms with van der Waals surface area (Å²) in [4.78, 5) is 24.6. The Balaban J connectivity index is 0.000000211. The fourth-order valence-corrected chi connectivity index (χ4v) is 1.79. The second-order valence-electron chi connectivity index (χ2n) is 3.10. The molecule has 110 valence electrons. The maximum atomic E-state index is 10.2. The summed E-state index contributed by atoms with van der Waals surface area (Å²) in [7, 11) is 0. The van der Waals surface area contributed by atoms with Crippen LogP contribution in [-0.2, 0) is 0 Å². The van der Waals surface area contributed by atoms with Crippen molar-refractivity contribution in [1.29, 1.82) is 0 Å². The van der Waals surface area contributed by atoms with Gasteiger partial charge in [-0.15, -0.1) is 0 Å². The molecule has 1 N–H and O–H groups in total. The Morgan fingerprint density at radius 2 is 1.24 bits per heavy atom. The Bertz CT molecular complexity index is 627. The van der Waals surface area contributed by atoms with Gasteiger partial charge in [-0.25, -0.2) is 19.9 Å². The quantitative estimate of drug-likeness (QED) is 0.287. The lowest BCUT2D eigenvalue weighted by atomic mass is 10.4. The maximum absolute atomic E-state index is 10.2. The van der Waals surface area contributed by atoms with Crippen molar-refractivity contribution in [2.45, 2.75) is 0 Å². The zero-order chi connectivity index (χ0) is 15.8. The normalized spacial score (nSPS) is 10.1. The third-order valence-electron chi connectivity index (χ3n) is 1.88. The molecule has 0 aliphatic heterocycles. The van der Waals surface area contributed by atoms with E-state index in [-0.39, 0.29) is 26.2 Å². The van der Waals surface area contributed by atoms with Crippen molar-refractivity contribution in [2.75, 3.05) is 0 Å². The van der Waals surface area contributed by atoms with Gasteiger partial charge < -0.3 is 5.21 Å². The summed E-state index contributed by atoms with van der Waals surface area (Å²) in [6, 6.07) is 0. The minimum absolute atomic E-state index is 0.0787. The van der Waals surface area contributed by atoms with Crippen molar-refractivity contribution in [3.63, 3.8) is 0 Å². The number of nitrogens with zero attached hydrogens (tertiary/aromatic N) is 5. The monoisotopic (exact) mass is 367 g/mol. The highest BCUT2D eigenvalue weighted by Gasteiger charge is 2.05. The molecule has 2 heterocycles. The van der Waals surface area contributed by atoms with E-state index in [0.717, 1.165) is 6.21 Å². The van der Waals surface area contributed by atoms with Crippen LogP contribution in [0.3, 0.4) is 0 Å². The summed E-state index contributed by atoms with van der Waals surface area (Å²) >= 11 is 22.1. The molecule has 0 bridgehead atoms. The molecule has 2 aromatic heterocycles. The lowest BCUT2D eigenvalue weighted by Crippen LogP contribution is -1.90. The van der Waals surface area contributed by atoms with Crippen molar-refractivity contribution < 1.29 is 10.0 Å². The molecule has 0 atom stereocenters. The van der Waals surface area contributed by atoms with Crippen molar-refractivity contribution >= 4 is 58.9 Å². The maximum Gasteiger partial charge on any atom is 0.156 e. The Hall–Kier alpha value is -1.54. The molecule has 21 heavy (non-hydrogen) atoms. The third kappa shape index (κ3) is 5.05. The first-order valence-electron chi connectivity index (χ1n) is 4.95. The van der Waals surface area contributed by atoms with Gasteiger partial charge in [-0.2, -0.15) is 0 Å². The van der Waals surface area contributed by atoms with Gasteiger partial charge in [0, 0.05) is 0 Å². The second-order valence-corrected chi connectivity index (χ2v) is 4.53. The zero-order valence-corrected chi connectivity index (χ0v) is 12.9. The molecule has 2 rings (SSSR count). The number of hydrogen-bond donors (Lipinski definition) is 1. The second kappa shape index (κ2) is 8.68. The molecule has 0 aliphatic carbocycles. The van der Waals surface area contributed by atoms with Crippen LogP contribution in [0.2, 0.25) is 20.6 Å². The Morgan fingerprint density at radius 3 is 1.52 bits per heavy atom. The molecule has 0 saturated heterocycles. The average molecular weight is 369 g/mol. The van der Waals surface area contributed by atoms with Crippen LogP contribution in [0.1, 0.15) is 15.9 Å². The molecule has 2 aromatic rings. The number of rotatable bonds is 2. The lowest BCUT2D eigenvalue weighted by molar-refractivity contribution is 0.112. The number of halogens is 4. The van der Waals surface area contributed by atoms with Crippen LogP contribution in [0, 0.1) is 0 Å². The van der Waals surface area contributed by atoms with Gasteiger partial charge in [-0.1, -0.05) is 51.6 Å². The molecule has 0 aromatic carbocycles. The van der Waals surface area contributed by atoms with Crippen LogP contribution in [0.4, 0.5) is 0 Å². The topological polar surface area (TPSA) is 101 Å². The minimum Gasteiger partial charge on any atom is -0.411 e. The van der Waals surface area contributed by atoms with Crippen LogP contribution >= 0.6 is 46.4 Å². The summed E-state index contributed by atoms with van der Waals surface area (Å²) in [5.41, 5.74) is 0.434. The molecule has 7 nitrogen and oxygen atoms in total. The summed E-state index contributed by atoms with van der Waals surface area (Å²) in [5.74, 6) is 0. The van der Waals surface area contributed by atoms with Crippen LogP contribution < -0.4 is 0 Å². The number of oxime groups is 1. The third-order valence-corrected chi connectivity index (χ3v) is 3.08. The highest BCUT2D eigenvalue weighted by molar-refractivity contribution is 6.37. The molecule has 0 amide bonds. The molecule has 0 aliphatic rings. The predicted molar refractivity (Wildman–Crippen MR) is 78.9 cm³/mol. The fraction of sp³-hybridized carbons (Fsp3) is 0. The number of carbonyl (C=O) groups is 1. The molecule has 0 spiro atoms. The van der Waals surface area contributed by atoms with E-state index in [1.54, 1.807) is 0 Å². The van der Waals surface area contributed by atoms with Crippen LogP contribution in [0.5, 0.6) is 0 Å². The molecular weight excluding hydrogens is 364 g/mol. The molecule has 0 saturated carbocycles. The lowest BCUT2D eigenvalue weighted by Gasteiger charge is -1.95. The van der Waals surface area contributed by atoms with Crippen molar-refractivity contribution in [3.8, 4) is 0 Å². The summed E-state index contributed by atoms with van der Waals surface area (Å²) < 4.78 is 0. The number of aldehydes is 1. The number of aromatic nitrogens is 4. The van der Waals surface area contributed by atoms with Gasteiger partial charge in [0.2, 0.25) is 0 Å². The Kier molecular flexibility index (Phi) is 7.24. The van der Waals surface area contributed by atoms with Gasteiger partial charge in [0.05, 0.1) is 17.3 Å². The van der Waals surface area contributed by atoms with Crippen LogP contribution in [-0.4, -0.2) is 37.6 Å². The molecule has 0 unspecified atom stereocenters. The number of hydrogen-bond acceptors (Lipinski definition) is 7. The first-order chi connectivity index (χ1) is 10.0. The highest BCUT2D eigenvalue weighted by Crippen LogP contribution is 2.17. The van der Waals surface area contributed by atoms with Gasteiger partial charge in [-0.05, 0) is 0 Å². The van der Waals surface area contributed by atoms with Gasteiger partial charge in [0.1, 0.15) is 33.3 Å². The minimum atomic E-state index is 0.0787. The van der Waals surface area contributed by atoms with Crippen molar-refractivity contribution in [1.82, 2.24) is 19.9 Å². The SMILES string of the molecule is O/N=C/c1c(Cl)ncnc1Cl.O=Cc1c(Cl)ncnc1Cl. The van der Waals surface area contributed by atoms with Crippen molar-refractivity contribution in [2.24, 2.45) is 5.16 Å². The molecular formula is C10H5Cl4N5O2. The van der Waals surface area contributed by atoms with Gasteiger partial charge in [0.15, 0.2) is 6.29 Å². The van der Waals surface area contributed by atoms with E-state index < -0.39 is 0 Å². The van der Waals surface area contributed by atoms with E-state index in [1.165, 1.54) is 12.7 Å². The van der Waals surface area contributed by atoms with Gasteiger partial charge in [-0.3, -0.25) is 4.79 Å². The summed E-state index contributed by atoms with van der Waals surface area (Å²) in [6.45, 7) is 0. The standard InChI is InChI=1S/C5H3Cl2N3O.C5H2Cl2N2O/c6-4-3(1-10-11)5(7)9-2-8-4;6-4-3(1-10)5(7)9-2-8-4/h1-2,11H;1-2H/b10-1+;. The Morgan fingerprint density at radius 1 is 0.857 bits per heavy atom. The first-order valence-corrected chi connectivity index (χ1v) is 6.47. The molecule has 11 heteroatoms. The molecule has 0 fully saturated rings. The van der Waals surface area contributed by atoms with E-state index in [2.05, 4.69) is 25.1 Å². The summed E-state index contributed by atoms with van der Waals surface area (Å²) in [6.07, 6.45) is 4.01. The van der Waals surface area contributed by atoms with Crippen LogP contribution in [0.25, 0.3) is 0 Å². The van der Waals surface area contributed by atoms with E-state index in [0.29, 0.717) is 11.8 Å².